The Morgan fingerprint density at radius 2 is 1.86 bits per heavy atom. The average molecular weight is 291 g/mol. The molecule has 21 heavy (non-hydrogen) atoms. The maximum Gasteiger partial charge on any atom is 0.307 e. The van der Waals surface area contributed by atoms with Crippen LogP contribution in [0.3, 0.4) is 0 Å². The summed E-state index contributed by atoms with van der Waals surface area (Å²) in [5.74, 6) is 0.329. The molecule has 3 aliphatic rings. The molecular formula is C17H25NO3. The van der Waals surface area contributed by atoms with Crippen molar-refractivity contribution in [1.29, 1.82) is 0 Å². The van der Waals surface area contributed by atoms with E-state index in [0.717, 1.165) is 11.8 Å². The van der Waals surface area contributed by atoms with Crippen LogP contribution in [0.15, 0.2) is 12.2 Å². The van der Waals surface area contributed by atoms with E-state index >= 15 is 0 Å². The van der Waals surface area contributed by atoms with E-state index in [1.54, 1.807) is 0 Å². The number of carbonyl (C=O) groups is 2. The van der Waals surface area contributed by atoms with Gasteiger partial charge in [0.2, 0.25) is 5.91 Å². The van der Waals surface area contributed by atoms with Gasteiger partial charge in [-0.25, -0.2) is 0 Å². The second-order valence-corrected chi connectivity index (χ2v) is 7.13. The number of fused-ring (bicyclic) bond motifs is 2. The summed E-state index contributed by atoms with van der Waals surface area (Å²) in [6.45, 7) is 2.09. The highest BCUT2D eigenvalue weighted by molar-refractivity contribution is 5.85. The quantitative estimate of drug-likeness (QED) is 0.782. The fourth-order valence-corrected chi connectivity index (χ4v) is 4.72. The van der Waals surface area contributed by atoms with E-state index in [-0.39, 0.29) is 11.9 Å². The van der Waals surface area contributed by atoms with E-state index in [2.05, 4.69) is 12.2 Å². The highest BCUT2D eigenvalue weighted by Crippen LogP contribution is 2.49. The summed E-state index contributed by atoms with van der Waals surface area (Å²) in [5.41, 5.74) is 0. The van der Waals surface area contributed by atoms with Gasteiger partial charge in [0.15, 0.2) is 0 Å². The van der Waals surface area contributed by atoms with Crippen molar-refractivity contribution in [3.8, 4) is 0 Å². The molecule has 0 aromatic carbocycles. The number of carbonyl (C=O) groups excluding carboxylic acids is 1. The number of carboxylic acids is 1. The standard InChI is InChI=1S/C17H25NO3/c1-10(15-9-11-6-7-12(15)8-11)18-16(19)13-4-2-3-5-14(13)17(20)21/h2-3,10-15H,4-9H2,1H3,(H,18,19)(H,20,21)/t10-,11-,12-,13-,14+,15+/m1/s1. The number of allylic oxidation sites excluding steroid dienone is 2. The van der Waals surface area contributed by atoms with Gasteiger partial charge in [-0.2, -0.15) is 0 Å². The van der Waals surface area contributed by atoms with Crippen LogP contribution in [0.4, 0.5) is 0 Å². The molecule has 0 saturated heterocycles. The molecule has 0 aromatic rings. The van der Waals surface area contributed by atoms with Crippen molar-refractivity contribution in [1.82, 2.24) is 5.32 Å². The van der Waals surface area contributed by atoms with E-state index in [1.807, 2.05) is 12.2 Å². The van der Waals surface area contributed by atoms with E-state index in [9.17, 15) is 14.7 Å². The van der Waals surface area contributed by atoms with Crippen molar-refractivity contribution < 1.29 is 14.7 Å². The lowest BCUT2D eigenvalue weighted by atomic mass is 9.81. The fourth-order valence-electron chi connectivity index (χ4n) is 4.72. The number of nitrogens with one attached hydrogen (secondary N) is 1. The van der Waals surface area contributed by atoms with Crippen molar-refractivity contribution >= 4 is 11.9 Å². The third kappa shape index (κ3) is 2.85. The SMILES string of the molecule is C[C@@H](NC(=O)[C@@H]1CC=CC[C@@H]1C(=O)O)[C@@H]1C[C@@H]2CC[C@@H]1C2. The summed E-state index contributed by atoms with van der Waals surface area (Å²) in [6.07, 6.45) is 10.1. The summed E-state index contributed by atoms with van der Waals surface area (Å²) < 4.78 is 0. The Balaban J connectivity index is 1.60. The molecule has 3 aliphatic carbocycles. The minimum Gasteiger partial charge on any atom is -0.481 e. The van der Waals surface area contributed by atoms with Gasteiger partial charge in [-0.15, -0.1) is 0 Å². The van der Waals surface area contributed by atoms with Gasteiger partial charge in [-0.1, -0.05) is 18.6 Å². The van der Waals surface area contributed by atoms with Gasteiger partial charge in [0.1, 0.15) is 0 Å². The van der Waals surface area contributed by atoms with Crippen LogP contribution in [0.5, 0.6) is 0 Å². The number of rotatable bonds is 4. The molecule has 2 saturated carbocycles. The summed E-state index contributed by atoms with van der Waals surface area (Å²) >= 11 is 0. The predicted octanol–water partition coefficient (Wildman–Crippen LogP) is 2.59. The Kier molecular flexibility index (Phi) is 4.05. The van der Waals surface area contributed by atoms with Crippen molar-refractivity contribution in [3.05, 3.63) is 12.2 Å². The zero-order valence-electron chi connectivity index (χ0n) is 12.6. The highest BCUT2D eigenvalue weighted by Gasteiger charge is 2.43. The van der Waals surface area contributed by atoms with Crippen molar-refractivity contribution in [2.24, 2.45) is 29.6 Å². The topological polar surface area (TPSA) is 66.4 Å². The van der Waals surface area contributed by atoms with E-state index in [1.165, 1.54) is 25.7 Å². The summed E-state index contributed by atoms with van der Waals surface area (Å²) in [7, 11) is 0. The zero-order valence-corrected chi connectivity index (χ0v) is 12.6. The summed E-state index contributed by atoms with van der Waals surface area (Å²) in [6, 6.07) is 0.174. The van der Waals surface area contributed by atoms with Gasteiger partial charge in [0.05, 0.1) is 11.8 Å². The molecule has 2 fully saturated rings. The molecule has 1 amide bonds. The van der Waals surface area contributed by atoms with Crippen molar-refractivity contribution in [2.75, 3.05) is 0 Å². The first kappa shape index (κ1) is 14.6. The van der Waals surface area contributed by atoms with Gasteiger partial charge in [-0.05, 0) is 56.8 Å². The maximum atomic E-state index is 12.5. The molecule has 6 atom stereocenters. The number of carboxylic acid groups (broad SMARTS) is 1. The normalized spacial score (nSPS) is 39.2. The van der Waals surface area contributed by atoms with Crippen LogP contribution in [-0.4, -0.2) is 23.0 Å². The molecule has 0 unspecified atom stereocenters. The van der Waals surface area contributed by atoms with Crippen LogP contribution in [0, 0.1) is 29.6 Å². The van der Waals surface area contributed by atoms with Gasteiger partial charge >= 0.3 is 5.97 Å². The molecular weight excluding hydrogens is 266 g/mol. The first-order valence-corrected chi connectivity index (χ1v) is 8.24. The zero-order chi connectivity index (χ0) is 15.0. The molecule has 3 rings (SSSR count). The lowest BCUT2D eigenvalue weighted by Gasteiger charge is -2.31. The van der Waals surface area contributed by atoms with Crippen LogP contribution in [0.2, 0.25) is 0 Å². The molecule has 4 heteroatoms. The molecule has 4 nitrogen and oxygen atoms in total. The minimum absolute atomic E-state index is 0.0676. The van der Waals surface area contributed by atoms with Crippen LogP contribution in [0.1, 0.15) is 45.4 Å². The minimum atomic E-state index is -0.855. The van der Waals surface area contributed by atoms with E-state index in [0.29, 0.717) is 18.8 Å². The molecule has 0 spiro atoms. The highest BCUT2D eigenvalue weighted by atomic mass is 16.4. The number of aliphatic carboxylic acids is 1. The third-order valence-electron chi connectivity index (χ3n) is 5.89. The molecule has 116 valence electrons. The van der Waals surface area contributed by atoms with Crippen LogP contribution in [-0.2, 0) is 9.59 Å². The Hall–Kier alpha value is -1.32. The average Bonchev–Trinajstić information content (AvgIpc) is 3.09. The first-order chi connectivity index (χ1) is 10.1. The van der Waals surface area contributed by atoms with Gasteiger partial charge in [0.25, 0.3) is 0 Å². The van der Waals surface area contributed by atoms with E-state index in [4.69, 9.17) is 0 Å². The summed E-state index contributed by atoms with van der Waals surface area (Å²) in [5, 5.41) is 12.4. The third-order valence-corrected chi connectivity index (χ3v) is 5.89. The molecule has 0 radical (unpaired) electrons. The monoisotopic (exact) mass is 291 g/mol. The second-order valence-electron chi connectivity index (χ2n) is 7.13. The Labute approximate surface area is 126 Å². The molecule has 0 aromatic heterocycles. The van der Waals surface area contributed by atoms with Gasteiger partial charge < -0.3 is 10.4 Å². The van der Waals surface area contributed by atoms with Gasteiger partial charge in [-0.3, -0.25) is 9.59 Å². The predicted molar refractivity (Wildman–Crippen MR) is 79.5 cm³/mol. The largest absolute Gasteiger partial charge is 0.481 e. The molecule has 2 bridgehead atoms. The second kappa shape index (κ2) is 5.82. The van der Waals surface area contributed by atoms with Crippen molar-refractivity contribution in [3.63, 3.8) is 0 Å². The Morgan fingerprint density at radius 3 is 2.43 bits per heavy atom. The van der Waals surface area contributed by atoms with Crippen molar-refractivity contribution in [2.45, 2.75) is 51.5 Å². The molecule has 2 N–H and O–H groups in total. The lowest BCUT2D eigenvalue weighted by Crippen LogP contribution is -2.46. The summed E-state index contributed by atoms with van der Waals surface area (Å²) in [4.78, 5) is 23.8. The van der Waals surface area contributed by atoms with Gasteiger partial charge in [0, 0.05) is 6.04 Å². The number of amides is 1. The number of hydrogen-bond donors (Lipinski definition) is 2. The van der Waals surface area contributed by atoms with Crippen LogP contribution in [0.25, 0.3) is 0 Å². The Bertz CT molecular complexity index is 459. The fraction of sp³-hybridized carbons (Fsp3) is 0.765. The smallest absolute Gasteiger partial charge is 0.307 e. The first-order valence-electron chi connectivity index (χ1n) is 8.24. The lowest BCUT2D eigenvalue weighted by molar-refractivity contribution is -0.147. The molecule has 0 aliphatic heterocycles. The Morgan fingerprint density at radius 1 is 1.14 bits per heavy atom. The van der Waals surface area contributed by atoms with E-state index < -0.39 is 17.8 Å². The molecule has 0 heterocycles. The maximum absolute atomic E-state index is 12.5. The number of hydrogen-bond acceptors (Lipinski definition) is 2. The van der Waals surface area contributed by atoms with Crippen LogP contribution >= 0.6 is 0 Å². The van der Waals surface area contributed by atoms with Crippen LogP contribution < -0.4 is 5.32 Å².